The summed E-state index contributed by atoms with van der Waals surface area (Å²) in [6.07, 6.45) is 4.64. The molecule has 4 rings (SSSR count). The van der Waals surface area contributed by atoms with Gasteiger partial charge in [-0.05, 0) is 30.9 Å². The number of hydrogen-bond donors (Lipinski definition) is 2. The standard InChI is InChI=1S/C16H15ClFN5O/c17-11-7-9(18)6-10-14(11)21-15(13(19)8-2-1-3-8)23(16(10)24)12-4-5-20-22-12/h4-8,13H,1-3,19H2,(H,20,22)/t13-/m0/s1. The number of nitrogens with two attached hydrogens (primary N) is 1. The summed E-state index contributed by atoms with van der Waals surface area (Å²) in [5.41, 5.74) is 6.22. The zero-order valence-corrected chi connectivity index (χ0v) is 13.4. The molecule has 3 N–H and O–H groups in total. The molecule has 1 aliphatic rings. The van der Waals surface area contributed by atoms with Crippen molar-refractivity contribution in [1.82, 2.24) is 19.7 Å². The summed E-state index contributed by atoms with van der Waals surface area (Å²) < 4.78 is 15.1. The van der Waals surface area contributed by atoms with Gasteiger partial charge in [-0.3, -0.25) is 9.89 Å². The Labute approximate surface area is 141 Å². The van der Waals surface area contributed by atoms with E-state index in [0.29, 0.717) is 11.6 Å². The number of aromatic amines is 1. The van der Waals surface area contributed by atoms with Crippen molar-refractivity contribution in [3.8, 4) is 5.82 Å². The van der Waals surface area contributed by atoms with Crippen molar-refractivity contribution in [1.29, 1.82) is 0 Å². The van der Waals surface area contributed by atoms with Crippen LogP contribution in [0.15, 0.2) is 29.2 Å². The van der Waals surface area contributed by atoms with Gasteiger partial charge in [0.05, 0.1) is 28.2 Å². The molecule has 1 fully saturated rings. The van der Waals surface area contributed by atoms with Crippen LogP contribution in [0.5, 0.6) is 0 Å². The van der Waals surface area contributed by atoms with Gasteiger partial charge in [-0.15, -0.1) is 0 Å². The molecule has 8 heteroatoms. The quantitative estimate of drug-likeness (QED) is 0.762. The molecule has 1 saturated carbocycles. The Morgan fingerprint density at radius 3 is 2.83 bits per heavy atom. The predicted octanol–water partition coefficient (Wildman–Crippen LogP) is 2.70. The Kier molecular flexibility index (Phi) is 3.62. The molecule has 2 aromatic heterocycles. The van der Waals surface area contributed by atoms with Crippen LogP contribution >= 0.6 is 11.6 Å². The van der Waals surface area contributed by atoms with Crippen molar-refractivity contribution in [2.24, 2.45) is 11.7 Å². The van der Waals surface area contributed by atoms with Crippen LogP contribution in [0.1, 0.15) is 31.1 Å². The average Bonchev–Trinajstić information content (AvgIpc) is 2.99. The van der Waals surface area contributed by atoms with Crippen LogP contribution in [-0.2, 0) is 0 Å². The number of H-pyrrole nitrogens is 1. The van der Waals surface area contributed by atoms with E-state index in [1.54, 1.807) is 6.07 Å². The molecule has 0 aliphatic heterocycles. The fraction of sp³-hybridized carbons (Fsp3) is 0.312. The molecule has 0 radical (unpaired) electrons. The first-order valence-corrected chi connectivity index (χ1v) is 8.11. The second-order valence-electron chi connectivity index (χ2n) is 6.05. The number of aromatic nitrogens is 4. The van der Waals surface area contributed by atoms with Crippen molar-refractivity contribution in [3.63, 3.8) is 0 Å². The Bertz CT molecular complexity index is 965. The van der Waals surface area contributed by atoms with E-state index in [0.717, 1.165) is 31.4 Å². The van der Waals surface area contributed by atoms with Gasteiger partial charge >= 0.3 is 0 Å². The largest absolute Gasteiger partial charge is 0.321 e. The van der Waals surface area contributed by atoms with E-state index in [-0.39, 0.29) is 21.8 Å². The molecule has 0 amide bonds. The number of nitrogens with zero attached hydrogens (tertiary/aromatic N) is 3. The Balaban J connectivity index is 2.05. The molecule has 1 aromatic carbocycles. The van der Waals surface area contributed by atoms with Crippen molar-refractivity contribution in [2.45, 2.75) is 25.3 Å². The fourth-order valence-corrected chi connectivity index (χ4v) is 3.32. The highest BCUT2D eigenvalue weighted by molar-refractivity contribution is 6.35. The zero-order chi connectivity index (χ0) is 16.8. The Morgan fingerprint density at radius 1 is 1.42 bits per heavy atom. The molecule has 6 nitrogen and oxygen atoms in total. The highest BCUT2D eigenvalue weighted by Gasteiger charge is 2.30. The van der Waals surface area contributed by atoms with E-state index in [2.05, 4.69) is 15.2 Å². The van der Waals surface area contributed by atoms with Crippen LogP contribution in [0.3, 0.4) is 0 Å². The van der Waals surface area contributed by atoms with Gasteiger partial charge in [-0.2, -0.15) is 5.10 Å². The third-order valence-electron chi connectivity index (χ3n) is 4.60. The van der Waals surface area contributed by atoms with E-state index < -0.39 is 17.4 Å². The van der Waals surface area contributed by atoms with Crippen LogP contribution in [0, 0.1) is 11.7 Å². The topological polar surface area (TPSA) is 89.6 Å². The SMILES string of the molecule is N[C@H](c1nc2c(Cl)cc(F)cc2c(=O)n1-c1ccn[nH]1)C1CCC1. The number of rotatable bonds is 3. The normalized spacial score (nSPS) is 16.3. The summed E-state index contributed by atoms with van der Waals surface area (Å²) in [6.45, 7) is 0. The van der Waals surface area contributed by atoms with Crippen LogP contribution in [0.2, 0.25) is 5.02 Å². The van der Waals surface area contributed by atoms with Gasteiger partial charge in [0.1, 0.15) is 17.5 Å². The maximum Gasteiger partial charge on any atom is 0.267 e. The minimum Gasteiger partial charge on any atom is -0.321 e. The van der Waals surface area contributed by atoms with Crippen molar-refractivity contribution < 1.29 is 4.39 Å². The summed E-state index contributed by atoms with van der Waals surface area (Å²) in [5.74, 6) is 0.538. The van der Waals surface area contributed by atoms with Gasteiger partial charge in [0.15, 0.2) is 0 Å². The summed E-state index contributed by atoms with van der Waals surface area (Å²) in [7, 11) is 0. The number of halogens is 2. The Morgan fingerprint density at radius 2 is 2.21 bits per heavy atom. The third kappa shape index (κ3) is 2.32. The minimum absolute atomic E-state index is 0.0981. The van der Waals surface area contributed by atoms with Gasteiger partial charge in [0.2, 0.25) is 0 Å². The molecular weight excluding hydrogens is 333 g/mol. The lowest BCUT2D eigenvalue weighted by Gasteiger charge is -2.31. The van der Waals surface area contributed by atoms with Crippen molar-refractivity contribution >= 4 is 22.5 Å². The highest BCUT2D eigenvalue weighted by atomic mass is 35.5. The highest BCUT2D eigenvalue weighted by Crippen LogP contribution is 2.36. The van der Waals surface area contributed by atoms with Crippen molar-refractivity contribution in [3.05, 3.63) is 51.4 Å². The van der Waals surface area contributed by atoms with Crippen molar-refractivity contribution in [2.75, 3.05) is 0 Å². The summed E-state index contributed by atoms with van der Waals surface area (Å²) in [5, 5.41) is 6.84. The molecule has 0 spiro atoms. The summed E-state index contributed by atoms with van der Waals surface area (Å²) >= 11 is 6.10. The average molecular weight is 348 g/mol. The molecule has 1 aliphatic carbocycles. The van der Waals surface area contributed by atoms with Crippen LogP contribution in [0.25, 0.3) is 16.7 Å². The third-order valence-corrected chi connectivity index (χ3v) is 4.89. The first-order chi connectivity index (χ1) is 11.6. The number of nitrogens with one attached hydrogen (secondary N) is 1. The summed E-state index contributed by atoms with van der Waals surface area (Å²) in [4.78, 5) is 17.5. The molecule has 3 aromatic rings. The van der Waals surface area contributed by atoms with Crippen LogP contribution in [0.4, 0.5) is 4.39 Å². The molecule has 1 atom stereocenters. The Hall–Kier alpha value is -2.25. The zero-order valence-electron chi connectivity index (χ0n) is 12.7. The smallest absolute Gasteiger partial charge is 0.267 e. The first-order valence-electron chi connectivity index (χ1n) is 7.73. The van der Waals surface area contributed by atoms with Gasteiger partial charge in [-0.1, -0.05) is 18.0 Å². The van der Waals surface area contributed by atoms with Gasteiger partial charge in [0.25, 0.3) is 5.56 Å². The summed E-state index contributed by atoms with van der Waals surface area (Å²) in [6, 6.07) is 3.53. The van der Waals surface area contributed by atoms with E-state index in [1.165, 1.54) is 10.8 Å². The van der Waals surface area contributed by atoms with Gasteiger partial charge < -0.3 is 5.73 Å². The molecule has 0 bridgehead atoms. The molecule has 0 saturated heterocycles. The lowest BCUT2D eigenvalue weighted by Crippen LogP contribution is -2.34. The van der Waals surface area contributed by atoms with Crippen LogP contribution < -0.4 is 11.3 Å². The van der Waals surface area contributed by atoms with E-state index in [9.17, 15) is 9.18 Å². The monoisotopic (exact) mass is 347 g/mol. The lowest BCUT2D eigenvalue weighted by atomic mass is 9.79. The lowest BCUT2D eigenvalue weighted by molar-refractivity contribution is 0.255. The van der Waals surface area contributed by atoms with E-state index in [4.69, 9.17) is 17.3 Å². The number of hydrogen-bond acceptors (Lipinski definition) is 4. The van der Waals surface area contributed by atoms with Gasteiger partial charge in [0, 0.05) is 6.07 Å². The molecular formula is C16H15ClFN5O. The number of benzene rings is 1. The van der Waals surface area contributed by atoms with E-state index in [1.807, 2.05) is 0 Å². The first kappa shape index (κ1) is 15.3. The van der Waals surface area contributed by atoms with Gasteiger partial charge in [-0.25, -0.2) is 13.9 Å². The maximum atomic E-state index is 13.7. The molecule has 0 unspecified atom stereocenters. The molecule has 24 heavy (non-hydrogen) atoms. The minimum atomic E-state index is -0.585. The second-order valence-corrected chi connectivity index (χ2v) is 6.46. The molecule has 124 valence electrons. The number of fused-ring (bicyclic) bond motifs is 1. The maximum absolute atomic E-state index is 13.7. The fourth-order valence-electron chi connectivity index (χ4n) is 3.07. The van der Waals surface area contributed by atoms with Crippen LogP contribution in [-0.4, -0.2) is 19.7 Å². The molecule has 2 heterocycles. The second kappa shape index (κ2) is 5.68. The van der Waals surface area contributed by atoms with E-state index >= 15 is 0 Å². The predicted molar refractivity (Wildman–Crippen MR) is 88.7 cm³/mol.